The van der Waals surface area contributed by atoms with Crippen molar-refractivity contribution in [1.82, 2.24) is 10.6 Å². The van der Waals surface area contributed by atoms with Gasteiger partial charge in [0.15, 0.2) is 11.5 Å². The van der Waals surface area contributed by atoms with Crippen molar-refractivity contribution < 1.29 is 18.7 Å². The number of benzene rings is 2. The second-order valence-electron chi connectivity index (χ2n) is 6.32. The van der Waals surface area contributed by atoms with Crippen LogP contribution in [0.1, 0.15) is 24.5 Å². The van der Waals surface area contributed by atoms with Crippen LogP contribution in [-0.2, 0) is 12.8 Å². The lowest BCUT2D eigenvalue weighted by molar-refractivity contribution is 0.174. The van der Waals surface area contributed by atoms with E-state index in [2.05, 4.69) is 10.6 Å². The molecular formula is C20H23FN2O3. The van der Waals surface area contributed by atoms with Gasteiger partial charge in [-0.3, -0.25) is 0 Å². The lowest BCUT2D eigenvalue weighted by atomic mass is 9.98. The number of carbonyl (C=O) groups is 1. The van der Waals surface area contributed by atoms with Crippen LogP contribution in [0.15, 0.2) is 42.5 Å². The molecule has 2 aromatic rings. The molecule has 1 aliphatic heterocycles. The Kier molecular flexibility index (Phi) is 5.94. The van der Waals surface area contributed by atoms with Crippen molar-refractivity contribution in [2.45, 2.75) is 32.2 Å². The molecule has 0 spiro atoms. The van der Waals surface area contributed by atoms with Gasteiger partial charge in [0, 0.05) is 12.6 Å². The Hall–Kier alpha value is -2.76. The average molecular weight is 358 g/mol. The third-order valence-electron chi connectivity index (χ3n) is 4.19. The van der Waals surface area contributed by atoms with E-state index < -0.39 is 0 Å². The smallest absolute Gasteiger partial charge is 0.315 e. The van der Waals surface area contributed by atoms with Gasteiger partial charge in [0.25, 0.3) is 0 Å². The van der Waals surface area contributed by atoms with Crippen LogP contribution in [-0.4, -0.2) is 25.4 Å². The molecule has 3 rings (SSSR count). The molecule has 0 bridgehead atoms. The Labute approximate surface area is 152 Å². The minimum atomic E-state index is -0.269. The van der Waals surface area contributed by atoms with Gasteiger partial charge >= 0.3 is 6.03 Å². The normalized spacial score (nSPS) is 13.3. The largest absolute Gasteiger partial charge is 0.454 e. The number of rotatable bonds is 7. The highest BCUT2D eigenvalue weighted by atomic mass is 19.1. The number of fused-ring (bicyclic) bond motifs is 1. The van der Waals surface area contributed by atoms with E-state index in [0.29, 0.717) is 19.4 Å². The summed E-state index contributed by atoms with van der Waals surface area (Å²) in [5.74, 6) is 1.19. The van der Waals surface area contributed by atoms with Gasteiger partial charge in [0.05, 0.1) is 0 Å². The predicted molar refractivity (Wildman–Crippen MR) is 97.0 cm³/mol. The van der Waals surface area contributed by atoms with Gasteiger partial charge in [-0.2, -0.15) is 0 Å². The van der Waals surface area contributed by atoms with Crippen LogP contribution < -0.4 is 20.1 Å². The van der Waals surface area contributed by atoms with E-state index in [9.17, 15) is 9.18 Å². The van der Waals surface area contributed by atoms with Gasteiger partial charge in [0.2, 0.25) is 6.79 Å². The first-order valence-corrected chi connectivity index (χ1v) is 8.81. The standard InChI is InChI=1S/C20H23FN2O3/c1-2-9-22-20(24)23-17(10-14-3-6-16(21)7-4-14)11-15-5-8-18-19(12-15)26-13-25-18/h3-8,12,17H,2,9-11,13H2,1H3,(H2,22,23,24)/t17-/m0/s1. The first-order chi connectivity index (χ1) is 12.6. The molecule has 26 heavy (non-hydrogen) atoms. The van der Waals surface area contributed by atoms with Crippen LogP contribution in [0, 0.1) is 5.82 Å². The fourth-order valence-corrected chi connectivity index (χ4v) is 2.91. The predicted octanol–water partition coefficient (Wildman–Crippen LogP) is 3.42. The van der Waals surface area contributed by atoms with Crippen molar-refractivity contribution in [3.05, 3.63) is 59.4 Å². The minimum Gasteiger partial charge on any atom is -0.454 e. The number of halogens is 1. The first kappa shape index (κ1) is 18.0. The van der Waals surface area contributed by atoms with Crippen molar-refractivity contribution in [3.8, 4) is 11.5 Å². The van der Waals surface area contributed by atoms with Crippen molar-refractivity contribution in [2.24, 2.45) is 0 Å². The minimum absolute atomic E-state index is 0.127. The molecule has 0 saturated heterocycles. The summed E-state index contributed by atoms with van der Waals surface area (Å²) in [6.07, 6.45) is 2.11. The fraction of sp³-hybridized carbons (Fsp3) is 0.350. The zero-order chi connectivity index (χ0) is 18.4. The maximum atomic E-state index is 13.1. The van der Waals surface area contributed by atoms with Gasteiger partial charge in [0.1, 0.15) is 5.82 Å². The Morgan fingerprint density at radius 3 is 2.54 bits per heavy atom. The number of urea groups is 1. The lowest BCUT2D eigenvalue weighted by Gasteiger charge is -2.20. The summed E-state index contributed by atoms with van der Waals surface area (Å²) in [6.45, 7) is 2.86. The van der Waals surface area contributed by atoms with Crippen molar-refractivity contribution in [1.29, 1.82) is 0 Å². The van der Waals surface area contributed by atoms with Crippen LogP contribution in [0.25, 0.3) is 0 Å². The second-order valence-corrected chi connectivity index (χ2v) is 6.32. The second kappa shape index (κ2) is 8.56. The molecule has 5 nitrogen and oxygen atoms in total. The molecule has 0 radical (unpaired) electrons. The van der Waals surface area contributed by atoms with Gasteiger partial charge in [-0.05, 0) is 54.7 Å². The molecule has 1 heterocycles. The number of nitrogens with one attached hydrogen (secondary N) is 2. The van der Waals surface area contributed by atoms with Crippen molar-refractivity contribution in [2.75, 3.05) is 13.3 Å². The number of hydrogen-bond acceptors (Lipinski definition) is 3. The highest BCUT2D eigenvalue weighted by molar-refractivity contribution is 5.74. The van der Waals surface area contributed by atoms with E-state index in [1.165, 1.54) is 12.1 Å². The van der Waals surface area contributed by atoms with Gasteiger partial charge < -0.3 is 20.1 Å². The lowest BCUT2D eigenvalue weighted by Crippen LogP contribution is -2.44. The molecule has 2 N–H and O–H groups in total. The molecule has 0 unspecified atom stereocenters. The molecule has 6 heteroatoms. The first-order valence-electron chi connectivity index (χ1n) is 8.81. The van der Waals surface area contributed by atoms with Crippen LogP contribution in [0.4, 0.5) is 9.18 Å². The topological polar surface area (TPSA) is 59.6 Å². The summed E-state index contributed by atoms with van der Waals surface area (Å²) in [5, 5.41) is 5.85. The Morgan fingerprint density at radius 1 is 1.08 bits per heavy atom. The summed E-state index contributed by atoms with van der Waals surface area (Å²) in [5.41, 5.74) is 2.00. The van der Waals surface area contributed by atoms with Gasteiger partial charge in [-0.15, -0.1) is 0 Å². The third kappa shape index (κ3) is 4.88. The molecule has 0 saturated carbocycles. The Morgan fingerprint density at radius 2 is 1.77 bits per heavy atom. The maximum Gasteiger partial charge on any atom is 0.315 e. The van der Waals surface area contributed by atoms with E-state index in [1.807, 2.05) is 25.1 Å². The molecule has 0 aliphatic carbocycles. The Bertz CT molecular complexity index is 749. The van der Waals surface area contributed by atoms with Crippen molar-refractivity contribution in [3.63, 3.8) is 0 Å². The molecule has 0 aromatic heterocycles. The SMILES string of the molecule is CCCNC(=O)N[C@@H](Cc1ccc(F)cc1)Cc1ccc2c(c1)OCO2. The fourth-order valence-electron chi connectivity index (χ4n) is 2.91. The van der Waals surface area contributed by atoms with Crippen LogP contribution in [0.2, 0.25) is 0 Å². The van der Waals surface area contributed by atoms with E-state index >= 15 is 0 Å². The van der Waals surface area contributed by atoms with Crippen LogP contribution in [0.3, 0.4) is 0 Å². The molecular weight excluding hydrogens is 335 g/mol. The Balaban J connectivity index is 1.71. The van der Waals surface area contributed by atoms with E-state index in [4.69, 9.17) is 9.47 Å². The quantitative estimate of drug-likeness (QED) is 0.797. The van der Waals surface area contributed by atoms with Gasteiger partial charge in [-0.25, -0.2) is 9.18 Å². The summed E-state index contributed by atoms with van der Waals surface area (Å²) in [7, 11) is 0. The highest BCUT2D eigenvalue weighted by Gasteiger charge is 2.17. The number of amides is 2. The van der Waals surface area contributed by atoms with Gasteiger partial charge in [-0.1, -0.05) is 25.1 Å². The molecule has 0 fully saturated rings. The monoisotopic (exact) mass is 358 g/mol. The number of hydrogen-bond donors (Lipinski definition) is 2. The summed E-state index contributed by atoms with van der Waals surface area (Å²) >= 11 is 0. The van der Waals surface area contributed by atoms with Crippen LogP contribution in [0.5, 0.6) is 11.5 Å². The molecule has 138 valence electrons. The van der Waals surface area contributed by atoms with E-state index in [0.717, 1.165) is 29.0 Å². The number of ether oxygens (including phenoxy) is 2. The maximum absolute atomic E-state index is 13.1. The average Bonchev–Trinajstić information content (AvgIpc) is 3.09. The summed E-state index contributed by atoms with van der Waals surface area (Å²) in [4.78, 5) is 12.1. The molecule has 2 aromatic carbocycles. The highest BCUT2D eigenvalue weighted by Crippen LogP contribution is 2.32. The number of carbonyl (C=O) groups excluding carboxylic acids is 1. The zero-order valence-electron chi connectivity index (χ0n) is 14.8. The third-order valence-corrected chi connectivity index (χ3v) is 4.19. The molecule has 2 amide bonds. The molecule has 1 atom stereocenters. The van der Waals surface area contributed by atoms with Crippen LogP contribution >= 0.6 is 0 Å². The van der Waals surface area contributed by atoms with Crippen molar-refractivity contribution >= 4 is 6.03 Å². The van der Waals surface area contributed by atoms with E-state index in [1.54, 1.807) is 12.1 Å². The summed E-state index contributed by atoms with van der Waals surface area (Å²) in [6, 6.07) is 11.8. The van der Waals surface area contributed by atoms with E-state index in [-0.39, 0.29) is 24.7 Å². The summed E-state index contributed by atoms with van der Waals surface area (Å²) < 4.78 is 23.9. The zero-order valence-corrected chi connectivity index (χ0v) is 14.8. The molecule has 1 aliphatic rings.